The zero-order valence-corrected chi connectivity index (χ0v) is 18.4. The van der Waals surface area contributed by atoms with E-state index in [1.165, 1.54) is 11.8 Å². The van der Waals surface area contributed by atoms with Crippen molar-refractivity contribution in [3.05, 3.63) is 41.1 Å². The highest BCUT2D eigenvalue weighted by Crippen LogP contribution is 2.27. The van der Waals surface area contributed by atoms with Gasteiger partial charge >= 0.3 is 0 Å². The van der Waals surface area contributed by atoms with E-state index >= 15 is 0 Å². The highest BCUT2D eigenvalue weighted by molar-refractivity contribution is 5.98. The molecule has 9 nitrogen and oxygen atoms in total. The van der Waals surface area contributed by atoms with Gasteiger partial charge in [0.05, 0.1) is 0 Å². The number of rotatable bonds is 6. The number of hydrogen-bond acceptors (Lipinski definition) is 7. The highest BCUT2D eigenvalue weighted by Gasteiger charge is 2.24. The molecule has 2 unspecified atom stereocenters. The number of nitrogens with two attached hydrogens (primary N) is 2. The maximum absolute atomic E-state index is 12.1. The molecule has 1 saturated carbocycles. The van der Waals surface area contributed by atoms with Crippen LogP contribution in [0.5, 0.6) is 0 Å². The largest absolute Gasteiger partial charge is 0.365 e. The van der Waals surface area contributed by atoms with Gasteiger partial charge in [-0.3, -0.25) is 9.59 Å². The molecule has 2 aliphatic rings. The van der Waals surface area contributed by atoms with Gasteiger partial charge in [-0.1, -0.05) is 25.8 Å². The molecule has 9 heteroatoms. The fourth-order valence-electron chi connectivity index (χ4n) is 4.44. The van der Waals surface area contributed by atoms with Crippen molar-refractivity contribution in [3.63, 3.8) is 0 Å². The highest BCUT2D eigenvalue weighted by atomic mass is 16.2. The molecule has 4 rings (SSSR count). The van der Waals surface area contributed by atoms with Crippen molar-refractivity contribution in [2.24, 2.45) is 11.5 Å². The molecule has 2 atom stereocenters. The number of aromatic nitrogens is 2. The van der Waals surface area contributed by atoms with Crippen molar-refractivity contribution in [3.8, 4) is 0 Å². The Labute approximate surface area is 188 Å². The number of nitrogens with zero attached hydrogens (tertiary/aromatic N) is 3. The minimum atomic E-state index is -0.605. The van der Waals surface area contributed by atoms with Crippen LogP contribution in [0, 0.1) is 0 Å². The second-order valence-electron chi connectivity index (χ2n) is 8.55. The molecule has 1 fully saturated rings. The first-order valence-corrected chi connectivity index (χ1v) is 11.3. The van der Waals surface area contributed by atoms with Crippen LogP contribution in [-0.2, 0) is 17.8 Å². The molecule has 1 aliphatic carbocycles. The Morgan fingerprint density at radius 2 is 2.03 bits per heavy atom. The van der Waals surface area contributed by atoms with E-state index in [0.29, 0.717) is 24.7 Å². The van der Waals surface area contributed by atoms with Crippen LogP contribution in [0.25, 0.3) is 0 Å². The van der Waals surface area contributed by atoms with Crippen LogP contribution >= 0.6 is 0 Å². The Balaban J connectivity index is 1.56. The Morgan fingerprint density at radius 1 is 1.22 bits per heavy atom. The Morgan fingerprint density at radius 3 is 2.78 bits per heavy atom. The van der Waals surface area contributed by atoms with Gasteiger partial charge in [0.15, 0.2) is 0 Å². The average Bonchev–Trinajstić information content (AvgIpc) is 2.79. The third-order valence-electron chi connectivity index (χ3n) is 6.32. The molecule has 170 valence electrons. The Kier molecular flexibility index (Phi) is 6.55. The molecule has 2 amide bonds. The quantitative estimate of drug-likeness (QED) is 0.544. The van der Waals surface area contributed by atoms with Crippen LogP contribution in [0.3, 0.4) is 0 Å². The SMILES string of the molecule is CCC(=O)N1CCc2ccc(Nc3nc(NC4CCCCC4N)ncc3C(N)=O)cc2C1. The lowest BCUT2D eigenvalue weighted by atomic mass is 9.91. The number of carbonyl (C=O) groups excluding carboxylic acids is 2. The van der Waals surface area contributed by atoms with Gasteiger partial charge in [-0.2, -0.15) is 4.98 Å². The molecule has 6 N–H and O–H groups in total. The molecular formula is C23H31N7O2. The standard InChI is InChI=1S/C23H31N7O2/c1-2-20(31)30-10-9-14-7-8-16(11-15(14)13-30)27-22-17(21(25)32)12-26-23(29-22)28-19-6-4-3-5-18(19)24/h7-8,11-12,18-19H,2-6,9-10,13,24H2,1H3,(H2,25,32)(H2,26,27,28,29). The first-order valence-electron chi connectivity index (χ1n) is 11.3. The molecule has 0 saturated heterocycles. The van der Waals surface area contributed by atoms with Gasteiger partial charge in [-0.05, 0) is 42.5 Å². The number of fused-ring (bicyclic) bond motifs is 1. The van der Waals surface area contributed by atoms with E-state index in [0.717, 1.165) is 49.9 Å². The summed E-state index contributed by atoms with van der Waals surface area (Å²) in [4.78, 5) is 34.8. The normalized spacial score (nSPS) is 20.4. The smallest absolute Gasteiger partial charge is 0.254 e. The summed E-state index contributed by atoms with van der Waals surface area (Å²) >= 11 is 0. The Bertz CT molecular complexity index is 1010. The minimum Gasteiger partial charge on any atom is -0.365 e. The lowest BCUT2D eigenvalue weighted by molar-refractivity contribution is -0.131. The first kappa shape index (κ1) is 22.0. The van der Waals surface area contributed by atoms with Crippen molar-refractivity contribution in [2.75, 3.05) is 17.2 Å². The summed E-state index contributed by atoms with van der Waals surface area (Å²) in [5.41, 5.74) is 15.1. The summed E-state index contributed by atoms with van der Waals surface area (Å²) in [5, 5.41) is 6.54. The van der Waals surface area contributed by atoms with E-state index < -0.39 is 5.91 Å². The van der Waals surface area contributed by atoms with Crippen molar-refractivity contribution in [1.29, 1.82) is 0 Å². The van der Waals surface area contributed by atoms with Gasteiger partial charge in [0.1, 0.15) is 11.4 Å². The van der Waals surface area contributed by atoms with Gasteiger partial charge < -0.3 is 27.0 Å². The maximum Gasteiger partial charge on any atom is 0.254 e. The predicted octanol–water partition coefficient (Wildman–Crippen LogP) is 2.30. The molecule has 32 heavy (non-hydrogen) atoms. The second-order valence-corrected chi connectivity index (χ2v) is 8.55. The Hall–Kier alpha value is -3.20. The van der Waals surface area contributed by atoms with Crippen LogP contribution in [0.4, 0.5) is 17.5 Å². The van der Waals surface area contributed by atoms with E-state index in [4.69, 9.17) is 11.5 Å². The lowest BCUT2D eigenvalue weighted by Gasteiger charge is -2.29. The molecule has 2 heterocycles. The van der Waals surface area contributed by atoms with Gasteiger partial charge in [0.25, 0.3) is 5.91 Å². The second kappa shape index (κ2) is 9.52. The lowest BCUT2D eigenvalue weighted by Crippen LogP contribution is -2.43. The zero-order valence-electron chi connectivity index (χ0n) is 18.4. The number of nitrogens with one attached hydrogen (secondary N) is 2. The molecule has 1 aliphatic heterocycles. The van der Waals surface area contributed by atoms with Crippen LogP contribution in [0.2, 0.25) is 0 Å². The van der Waals surface area contributed by atoms with E-state index in [-0.39, 0.29) is 23.6 Å². The number of benzene rings is 1. The van der Waals surface area contributed by atoms with Gasteiger partial charge in [0, 0.05) is 43.5 Å². The molecule has 1 aromatic heterocycles. The van der Waals surface area contributed by atoms with Crippen LogP contribution < -0.4 is 22.1 Å². The van der Waals surface area contributed by atoms with Crippen LogP contribution in [0.1, 0.15) is 60.5 Å². The molecule has 2 aromatic rings. The summed E-state index contributed by atoms with van der Waals surface area (Å²) < 4.78 is 0. The van der Waals surface area contributed by atoms with Crippen molar-refractivity contribution < 1.29 is 9.59 Å². The summed E-state index contributed by atoms with van der Waals surface area (Å²) in [6, 6.07) is 6.15. The third-order valence-corrected chi connectivity index (χ3v) is 6.32. The maximum atomic E-state index is 12.1. The minimum absolute atomic E-state index is 0.0500. The molecular weight excluding hydrogens is 406 g/mol. The van der Waals surface area contributed by atoms with Gasteiger partial charge in [-0.25, -0.2) is 4.98 Å². The number of anilines is 3. The van der Waals surface area contributed by atoms with E-state index in [2.05, 4.69) is 26.7 Å². The van der Waals surface area contributed by atoms with Crippen LogP contribution in [-0.4, -0.2) is 45.3 Å². The van der Waals surface area contributed by atoms with E-state index in [1.807, 2.05) is 24.0 Å². The molecule has 1 aromatic carbocycles. The van der Waals surface area contributed by atoms with E-state index in [1.54, 1.807) is 0 Å². The first-order chi connectivity index (χ1) is 15.4. The zero-order chi connectivity index (χ0) is 22.7. The fraction of sp³-hybridized carbons (Fsp3) is 0.478. The van der Waals surface area contributed by atoms with Crippen molar-refractivity contribution in [2.45, 2.75) is 64.1 Å². The summed E-state index contributed by atoms with van der Waals surface area (Å²) in [6.45, 7) is 3.20. The van der Waals surface area contributed by atoms with Crippen molar-refractivity contribution in [1.82, 2.24) is 14.9 Å². The fourth-order valence-corrected chi connectivity index (χ4v) is 4.44. The predicted molar refractivity (Wildman–Crippen MR) is 124 cm³/mol. The monoisotopic (exact) mass is 437 g/mol. The van der Waals surface area contributed by atoms with E-state index in [9.17, 15) is 9.59 Å². The number of carbonyl (C=O) groups is 2. The molecule has 0 radical (unpaired) electrons. The average molecular weight is 438 g/mol. The molecule has 0 spiro atoms. The van der Waals surface area contributed by atoms with Gasteiger partial charge in [0.2, 0.25) is 11.9 Å². The number of primary amides is 1. The van der Waals surface area contributed by atoms with Crippen molar-refractivity contribution >= 4 is 29.3 Å². The summed E-state index contributed by atoms with van der Waals surface area (Å²) in [7, 11) is 0. The topological polar surface area (TPSA) is 139 Å². The number of hydrogen-bond donors (Lipinski definition) is 4. The van der Waals surface area contributed by atoms with Gasteiger partial charge in [-0.15, -0.1) is 0 Å². The summed E-state index contributed by atoms with van der Waals surface area (Å²) in [6.07, 6.45) is 6.94. The summed E-state index contributed by atoms with van der Waals surface area (Å²) in [5.74, 6) is 0.303. The third kappa shape index (κ3) is 4.83. The molecule has 0 bridgehead atoms. The number of amides is 2. The van der Waals surface area contributed by atoms with Crippen LogP contribution in [0.15, 0.2) is 24.4 Å².